The van der Waals surface area contributed by atoms with E-state index in [1.807, 2.05) is 49.1 Å². The molecular formula is C66H58N8. The van der Waals surface area contributed by atoms with Gasteiger partial charge < -0.3 is 19.6 Å². The van der Waals surface area contributed by atoms with Crippen molar-refractivity contribution >= 4 is 45.5 Å². The SMILES string of the molecule is CC(C)(C)c1ccc2c(c1)N(c1ccc(-c3ccccc3)nc1)C(C1N(c3ccc(-c4ccccc4)nc3)c3ccc(C(C)(C)C)cc3N1c1ccc(-c3ccccc3)nc1)N2c1ccc(-c2ccccc2)nc1. The van der Waals surface area contributed by atoms with Crippen LogP contribution in [0.3, 0.4) is 0 Å². The van der Waals surface area contributed by atoms with Crippen molar-refractivity contribution in [1.82, 2.24) is 19.9 Å². The Kier molecular flexibility index (Phi) is 11.6. The average Bonchev–Trinajstić information content (AvgIpc) is 3.98. The van der Waals surface area contributed by atoms with E-state index in [0.29, 0.717) is 0 Å². The average molecular weight is 963 g/mol. The summed E-state index contributed by atoms with van der Waals surface area (Å²) in [6.07, 6.45) is 7.26. The molecule has 0 saturated heterocycles. The molecule has 0 radical (unpaired) electrons. The van der Waals surface area contributed by atoms with Crippen LogP contribution in [0.4, 0.5) is 45.5 Å². The number of rotatable bonds is 9. The molecule has 0 bridgehead atoms. The van der Waals surface area contributed by atoms with Crippen molar-refractivity contribution in [3.8, 4) is 45.0 Å². The third kappa shape index (κ3) is 8.52. The third-order valence-electron chi connectivity index (χ3n) is 14.4. The lowest BCUT2D eigenvalue weighted by atomic mass is 9.86. The number of pyridine rings is 4. The Hall–Kier alpha value is -8.88. The second-order valence-corrected chi connectivity index (χ2v) is 21.3. The molecule has 0 fully saturated rings. The maximum absolute atomic E-state index is 5.23. The quantitative estimate of drug-likeness (QED) is 0.142. The summed E-state index contributed by atoms with van der Waals surface area (Å²) >= 11 is 0. The highest BCUT2D eigenvalue weighted by Crippen LogP contribution is 2.57. The van der Waals surface area contributed by atoms with Crippen LogP contribution in [0.5, 0.6) is 0 Å². The second kappa shape index (κ2) is 18.6. The molecular weight excluding hydrogens is 905 g/mol. The van der Waals surface area contributed by atoms with Crippen LogP contribution in [0.15, 0.2) is 231 Å². The highest BCUT2D eigenvalue weighted by molar-refractivity contribution is 5.95. The summed E-state index contributed by atoms with van der Waals surface area (Å²) in [5, 5.41) is 0. The zero-order chi connectivity index (χ0) is 50.6. The molecule has 6 aromatic carbocycles. The van der Waals surface area contributed by atoms with Gasteiger partial charge in [0, 0.05) is 22.3 Å². The zero-order valence-corrected chi connectivity index (χ0v) is 42.7. The van der Waals surface area contributed by atoms with E-state index in [4.69, 9.17) is 19.9 Å². The van der Waals surface area contributed by atoms with Gasteiger partial charge in [0.25, 0.3) is 0 Å². The van der Waals surface area contributed by atoms with Gasteiger partial charge in [-0.25, -0.2) is 0 Å². The standard InChI is InChI=1S/C66H58N8/c1-65(2,3)49-27-37-59-61(39-49)73(53-31-35-57(69-43-53)47-23-15-9-16-24-47)63(71(59)51-29-33-55(67-41-51)45-19-11-7-12-20-45)64-72(52-30-34-56(68-42-52)46-21-13-8-14-22-46)60-38-28-50(66(4,5)6)40-62(60)74(64)54-32-36-58(70-44-54)48-25-17-10-18-26-48/h7-44,63-64H,1-6H3. The van der Waals surface area contributed by atoms with Crippen molar-refractivity contribution in [3.63, 3.8) is 0 Å². The fraction of sp³-hybridized carbons (Fsp3) is 0.152. The molecule has 12 rings (SSSR count). The van der Waals surface area contributed by atoms with Crippen LogP contribution in [0, 0.1) is 0 Å². The smallest absolute Gasteiger partial charge is 0.151 e. The Morgan fingerprint density at radius 1 is 0.284 bits per heavy atom. The van der Waals surface area contributed by atoms with Gasteiger partial charge in [-0.2, -0.15) is 0 Å². The van der Waals surface area contributed by atoms with Crippen LogP contribution < -0.4 is 19.6 Å². The van der Waals surface area contributed by atoms with Crippen LogP contribution in [0.25, 0.3) is 45.0 Å². The zero-order valence-electron chi connectivity index (χ0n) is 42.7. The minimum atomic E-state index is -0.456. The van der Waals surface area contributed by atoms with E-state index < -0.39 is 12.3 Å². The molecule has 10 aromatic rings. The largest absolute Gasteiger partial charge is 0.313 e. The lowest BCUT2D eigenvalue weighted by Gasteiger charge is -2.44. The minimum Gasteiger partial charge on any atom is -0.313 e. The van der Waals surface area contributed by atoms with Crippen molar-refractivity contribution in [2.24, 2.45) is 0 Å². The number of hydrogen-bond acceptors (Lipinski definition) is 8. The van der Waals surface area contributed by atoms with Gasteiger partial charge in [0.2, 0.25) is 0 Å². The van der Waals surface area contributed by atoms with Gasteiger partial charge in [-0.05, 0) is 94.8 Å². The molecule has 4 aromatic heterocycles. The van der Waals surface area contributed by atoms with Gasteiger partial charge >= 0.3 is 0 Å². The predicted molar refractivity (Wildman–Crippen MR) is 305 cm³/mol. The highest BCUT2D eigenvalue weighted by atomic mass is 15.5. The molecule has 8 heteroatoms. The Labute approximate surface area is 435 Å². The second-order valence-electron chi connectivity index (χ2n) is 21.3. The normalized spacial score (nSPS) is 15.3. The van der Waals surface area contributed by atoms with Gasteiger partial charge in [-0.3, -0.25) is 19.9 Å². The maximum Gasteiger partial charge on any atom is 0.151 e. The van der Waals surface area contributed by atoms with Crippen LogP contribution >= 0.6 is 0 Å². The van der Waals surface area contributed by atoms with E-state index in [-0.39, 0.29) is 10.8 Å². The summed E-state index contributed by atoms with van der Waals surface area (Å²) in [4.78, 5) is 30.9. The Balaban J connectivity index is 1.13. The van der Waals surface area contributed by atoms with Crippen molar-refractivity contribution in [2.75, 3.05) is 19.6 Å². The summed E-state index contributed by atoms with van der Waals surface area (Å²) in [7, 11) is 0. The summed E-state index contributed by atoms with van der Waals surface area (Å²) in [5.41, 5.74) is 18.2. The van der Waals surface area contributed by atoms with Crippen molar-refractivity contribution < 1.29 is 0 Å². The Morgan fingerprint density at radius 3 is 0.770 bits per heavy atom. The molecule has 2 aliphatic rings. The first-order valence-electron chi connectivity index (χ1n) is 25.5. The fourth-order valence-electron chi connectivity index (χ4n) is 10.5. The Morgan fingerprint density at radius 2 is 0.541 bits per heavy atom. The van der Waals surface area contributed by atoms with Gasteiger partial charge in [-0.1, -0.05) is 175 Å². The molecule has 0 aliphatic carbocycles. The molecule has 6 heterocycles. The molecule has 0 saturated carbocycles. The van der Waals surface area contributed by atoms with Crippen LogP contribution in [0.2, 0.25) is 0 Å². The van der Waals surface area contributed by atoms with E-state index in [9.17, 15) is 0 Å². The van der Waals surface area contributed by atoms with Gasteiger partial charge in [0.1, 0.15) is 0 Å². The van der Waals surface area contributed by atoms with Crippen molar-refractivity contribution in [1.29, 1.82) is 0 Å². The molecule has 2 aliphatic heterocycles. The molecule has 8 nitrogen and oxygen atoms in total. The molecule has 0 spiro atoms. The van der Waals surface area contributed by atoms with Crippen molar-refractivity contribution in [3.05, 3.63) is 242 Å². The monoisotopic (exact) mass is 962 g/mol. The van der Waals surface area contributed by atoms with Crippen molar-refractivity contribution in [2.45, 2.75) is 64.7 Å². The summed E-state index contributed by atoms with van der Waals surface area (Å²) in [5.74, 6) is 0. The van der Waals surface area contributed by atoms with Crippen LogP contribution in [-0.4, -0.2) is 32.3 Å². The number of nitrogens with zero attached hydrogens (tertiary/aromatic N) is 8. The summed E-state index contributed by atoms with van der Waals surface area (Å²) < 4.78 is 0. The molecule has 2 atom stereocenters. The van der Waals surface area contributed by atoms with E-state index in [1.54, 1.807) is 0 Å². The number of aromatic nitrogens is 4. The van der Waals surface area contributed by atoms with E-state index in [2.05, 4.69) is 243 Å². The maximum atomic E-state index is 5.23. The first-order chi connectivity index (χ1) is 36.0. The molecule has 2 unspecified atom stereocenters. The third-order valence-corrected chi connectivity index (χ3v) is 14.4. The van der Waals surface area contributed by atoms with Gasteiger partial charge in [-0.15, -0.1) is 0 Å². The molecule has 0 amide bonds. The lowest BCUT2D eigenvalue weighted by molar-refractivity contribution is 0.548. The van der Waals surface area contributed by atoms with E-state index in [0.717, 1.165) is 90.5 Å². The first-order valence-corrected chi connectivity index (χ1v) is 25.5. The Bertz CT molecular complexity index is 3320. The fourth-order valence-corrected chi connectivity index (χ4v) is 10.5. The molecule has 0 N–H and O–H groups in total. The lowest BCUT2D eigenvalue weighted by Crippen LogP contribution is -2.58. The van der Waals surface area contributed by atoms with Crippen LogP contribution in [-0.2, 0) is 10.8 Å². The van der Waals surface area contributed by atoms with E-state index >= 15 is 0 Å². The van der Waals surface area contributed by atoms with Gasteiger partial charge in [0.05, 0.1) is 93.1 Å². The number of hydrogen-bond donors (Lipinski definition) is 0. The summed E-state index contributed by atoms with van der Waals surface area (Å²) in [6, 6.07) is 73.1. The molecule has 74 heavy (non-hydrogen) atoms. The summed E-state index contributed by atoms with van der Waals surface area (Å²) in [6.45, 7) is 13.7. The predicted octanol–water partition coefficient (Wildman–Crippen LogP) is 16.5. The highest BCUT2D eigenvalue weighted by Gasteiger charge is 2.52. The number of benzene rings is 6. The van der Waals surface area contributed by atoms with Gasteiger partial charge in [0.15, 0.2) is 12.3 Å². The minimum absolute atomic E-state index is 0.138. The van der Waals surface area contributed by atoms with Crippen LogP contribution in [0.1, 0.15) is 52.7 Å². The number of anilines is 8. The number of fused-ring (bicyclic) bond motifs is 2. The topological polar surface area (TPSA) is 64.5 Å². The first kappa shape index (κ1) is 46.2. The van der Waals surface area contributed by atoms with E-state index in [1.165, 1.54) is 11.1 Å². The molecule has 362 valence electrons.